The smallest absolute Gasteiger partial charge is 0.229 e. The summed E-state index contributed by atoms with van der Waals surface area (Å²) in [4.78, 5) is 15.0. The van der Waals surface area contributed by atoms with E-state index in [9.17, 15) is 4.79 Å². The number of carbonyl (C=O) groups excluding carboxylic acids is 1. The van der Waals surface area contributed by atoms with E-state index in [1.807, 2.05) is 23.1 Å². The van der Waals surface area contributed by atoms with Crippen LogP contribution in [0.1, 0.15) is 24.4 Å². The van der Waals surface area contributed by atoms with E-state index in [1.54, 1.807) is 0 Å². The zero-order valence-electron chi connectivity index (χ0n) is 12.7. The highest BCUT2D eigenvalue weighted by atomic mass is 16.2. The van der Waals surface area contributed by atoms with Crippen LogP contribution in [0.5, 0.6) is 0 Å². The Morgan fingerprint density at radius 2 is 1.95 bits per heavy atom. The molecule has 1 aliphatic carbocycles. The van der Waals surface area contributed by atoms with Crippen LogP contribution < -0.4 is 16.6 Å². The number of rotatable bonds is 3. The Hall–Kier alpha value is -1.43. The fraction of sp³-hybridized carbons (Fsp3) is 0.588. The van der Waals surface area contributed by atoms with Gasteiger partial charge < -0.3 is 10.6 Å². The number of carbonyl (C=O) groups is 1. The molecule has 2 heterocycles. The molecule has 0 aromatic heterocycles. The van der Waals surface area contributed by atoms with Crippen molar-refractivity contribution in [2.75, 3.05) is 19.6 Å². The van der Waals surface area contributed by atoms with Gasteiger partial charge in [0.2, 0.25) is 5.91 Å². The summed E-state index contributed by atoms with van der Waals surface area (Å²) >= 11 is 0. The highest BCUT2D eigenvalue weighted by molar-refractivity contribution is 5.81. The maximum atomic E-state index is 13.0. The molecular weight excluding hydrogens is 276 g/mol. The van der Waals surface area contributed by atoms with Crippen molar-refractivity contribution in [1.29, 1.82) is 0 Å². The lowest BCUT2D eigenvalue weighted by Gasteiger charge is -2.24. The van der Waals surface area contributed by atoms with E-state index in [0.29, 0.717) is 12.5 Å². The predicted octanol–water partition coefficient (Wildman–Crippen LogP) is 0.647. The molecule has 4 rings (SSSR count). The summed E-state index contributed by atoms with van der Waals surface area (Å²) in [5.74, 6) is 1.47. The van der Waals surface area contributed by atoms with Gasteiger partial charge in [0.15, 0.2) is 0 Å². The molecule has 1 aromatic rings. The summed E-state index contributed by atoms with van der Waals surface area (Å²) in [6, 6.07) is 10.4. The number of likely N-dealkylation sites (tertiary alicyclic amines) is 1. The molecule has 5 nitrogen and oxygen atoms in total. The van der Waals surface area contributed by atoms with Gasteiger partial charge in [0.1, 0.15) is 0 Å². The van der Waals surface area contributed by atoms with E-state index in [2.05, 4.69) is 23.0 Å². The second-order valence-corrected chi connectivity index (χ2v) is 6.93. The van der Waals surface area contributed by atoms with Gasteiger partial charge in [-0.1, -0.05) is 30.3 Å². The highest BCUT2D eigenvalue weighted by Gasteiger charge is 2.45. The summed E-state index contributed by atoms with van der Waals surface area (Å²) in [5.41, 5.74) is 13.8. The first-order chi connectivity index (χ1) is 10.7. The minimum Gasteiger partial charge on any atom is -0.340 e. The van der Waals surface area contributed by atoms with Crippen LogP contribution in [0, 0.1) is 17.8 Å². The molecule has 4 N–H and O–H groups in total. The van der Waals surface area contributed by atoms with Crippen LogP contribution in [0.15, 0.2) is 30.3 Å². The third-order valence-electron chi connectivity index (χ3n) is 5.41. The summed E-state index contributed by atoms with van der Waals surface area (Å²) in [6.45, 7) is 2.25. The lowest BCUT2D eigenvalue weighted by Crippen LogP contribution is -2.39. The van der Waals surface area contributed by atoms with Gasteiger partial charge in [-0.05, 0) is 30.2 Å². The Morgan fingerprint density at radius 1 is 1.18 bits per heavy atom. The number of nitrogens with zero attached hydrogens (tertiary/aromatic N) is 1. The van der Waals surface area contributed by atoms with Crippen molar-refractivity contribution in [3.05, 3.63) is 35.9 Å². The third-order valence-corrected chi connectivity index (χ3v) is 5.41. The fourth-order valence-corrected chi connectivity index (χ4v) is 3.99. The molecule has 3 fully saturated rings. The van der Waals surface area contributed by atoms with Crippen molar-refractivity contribution in [3.8, 4) is 0 Å². The Balaban J connectivity index is 1.47. The molecule has 118 valence electrons. The molecule has 1 aromatic carbocycles. The maximum absolute atomic E-state index is 13.0. The van der Waals surface area contributed by atoms with Crippen molar-refractivity contribution in [3.63, 3.8) is 0 Å². The van der Waals surface area contributed by atoms with Crippen LogP contribution in [0.4, 0.5) is 0 Å². The normalized spacial score (nSPS) is 35.0. The monoisotopic (exact) mass is 300 g/mol. The number of hydrazine groups is 1. The van der Waals surface area contributed by atoms with E-state index < -0.39 is 0 Å². The zero-order chi connectivity index (χ0) is 15.1. The number of benzene rings is 1. The molecular formula is C17H24N4O. The topological polar surface area (TPSA) is 70.4 Å². The lowest BCUT2D eigenvalue weighted by atomic mass is 9.94. The van der Waals surface area contributed by atoms with Crippen molar-refractivity contribution in [2.24, 2.45) is 23.5 Å². The van der Waals surface area contributed by atoms with Crippen LogP contribution >= 0.6 is 0 Å². The van der Waals surface area contributed by atoms with Gasteiger partial charge in [-0.25, -0.2) is 5.43 Å². The first-order valence-corrected chi connectivity index (χ1v) is 8.32. The van der Waals surface area contributed by atoms with Crippen LogP contribution in [0.2, 0.25) is 0 Å². The van der Waals surface area contributed by atoms with Gasteiger partial charge in [0.25, 0.3) is 0 Å². The SMILES string of the molecule is N[C@@H]1CN(C(=O)C2CNNC2c2ccccc2)C[C@H]1C1CC1. The van der Waals surface area contributed by atoms with Crippen LogP contribution in [-0.4, -0.2) is 36.5 Å². The van der Waals surface area contributed by atoms with Crippen molar-refractivity contribution in [1.82, 2.24) is 15.8 Å². The molecule has 0 radical (unpaired) electrons. The van der Waals surface area contributed by atoms with Crippen LogP contribution in [-0.2, 0) is 4.79 Å². The quantitative estimate of drug-likeness (QED) is 0.766. The molecule has 2 saturated heterocycles. The summed E-state index contributed by atoms with van der Waals surface area (Å²) < 4.78 is 0. The molecule has 5 heteroatoms. The van der Waals surface area contributed by atoms with Crippen molar-refractivity contribution < 1.29 is 4.79 Å². The standard InChI is InChI=1S/C17H24N4O/c18-15-10-21(9-14(15)11-6-7-11)17(22)13-8-19-20-16(13)12-4-2-1-3-5-12/h1-5,11,13-16,19-20H,6-10,18H2/t13?,14-,15+,16?/m0/s1. The second-order valence-electron chi connectivity index (χ2n) is 6.93. The average molecular weight is 300 g/mol. The molecule has 2 unspecified atom stereocenters. The highest BCUT2D eigenvalue weighted by Crippen LogP contribution is 2.41. The van der Waals surface area contributed by atoms with Gasteiger partial charge in [0.05, 0.1) is 12.0 Å². The second kappa shape index (κ2) is 5.65. The average Bonchev–Trinajstić information content (AvgIpc) is 3.13. The van der Waals surface area contributed by atoms with Crippen molar-refractivity contribution in [2.45, 2.75) is 24.9 Å². The molecule has 3 aliphatic rings. The van der Waals surface area contributed by atoms with Gasteiger partial charge in [-0.15, -0.1) is 0 Å². The Morgan fingerprint density at radius 3 is 2.68 bits per heavy atom. The van der Waals surface area contributed by atoms with Gasteiger partial charge in [-0.3, -0.25) is 10.2 Å². The lowest BCUT2D eigenvalue weighted by molar-refractivity contribution is -0.134. The molecule has 1 amide bonds. The minimum atomic E-state index is -0.0486. The summed E-state index contributed by atoms with van der Waals surface area (Å²) in [7, 11) is 0. The Kier molecular flexibility index (Phi) is 3.64. The summed E-state index contributed by atoms with van der Waals surface area (Å²) in [5, 5.41) is 0. The van der Waals surface area contributed by atoms with E-state index in [4.69, 9.17) is 5.73 Å². The number of hydrogen-bond donors (Lipinski definition) is 3. The predicted molar refractivity (Wildman–Crippen MR) is 84.6 cm³/mol. The van der Waals surface area contributed by atoms with Gasteiger partial charge in [-0.2, -0.15) is 0 Å². The summed E-state index contributed by atoms with van der Waals surface area (Å²) in [6.07, 6.45) is 2.58. The van der Waals surface area contributed by atoms with E-state index in [1.165, 1.54) is 12.8 Å². The molecule has 0 spiro atoms. The zero-order valence-corrected chi connectivity index (χ0v) is 12.7. The molecule has 0 bridgehead atoms. The third kappa shape index (κ3) is 2.53. The number of amides is 1. The van der Waals surface area contributed by atoms with Gasteiger partial charge in [0, 0.05) is 25.7 Å². The van der Waals surface area contributed by atoms with Crippen LogP contribution in [0.25, 0.3) is 0 Å². The first-order valence-electron chi connectivity index (χ1n) is 8.32. The molecule has 2 aliphatic heterocycles. The molecule has 22 heavy (non-hydrogen) atoms. The van der Waals surface area contributed by atoms with E-state index in [0.717, 1.165) is 24.6 Å². The van der Waals surface area contributed by atoms with E-state index in [-0.39, 0.29) is 23.9 Å². The number of nitrogens with one attached hydrogen (secondary N) is 2. The fourth-order valence-electron chi connectivity index (χ4n) is 3.99. The van der Waals surface area contributed by atoms with Crippen LogP contribution in [0.3, 0.4) is 0 Å². The van der Waals surface area contributed by atoms with Crippen molar-refractivity contribution >= 4 is 5.91 Å². The minimum absolute atomic E-state index is 0.0462. The number of nitrogens with two attached hydrogens (primary N) is 1. The molecule has 1 saturated carbocycles. The Bertz CT molecular complexity index is 545. The number of hydrogen-bond acceptors (Lipinski definition) is 4. The largest absolute Gasteiger partial charge is 0.340 e. The first kappa shape index (κ1) is 14.2. The maximum Gasteiger partial charge on any atom is 0.229 e. The molecule has 4 atom stereocenters. The van der Waals surface area contributed by atoms with Gasteiger partial charge >= 0.3 is 0 Å². The van der Waals surface area contributed by atoms with E-state index >= 15 is 0 Å². The Labute approximate surface area is 131 Å².